The Bertz CT molecular complexity index is 281. The van der Waals surface area contributed by atoms with E-state index in [0.29, 0.717) is 12.5 Å². The van der Waals surface area contributed by atoms with Gasteiger partial charge in [-0.05, 0) is 25.0 Å². The van der Waals surface area contributed by atoms with Gasteiger partial charge in [-0.3, -0.25) is 0 Å². The molecule has 1 aromatic rings. The summed E-state index contributed by atoms with van der Waals surface area (Å²) in [5, 5.41) is 0. The van der Waals surface area contributed by atoms with E-state index in [2.05, 4.69) is 11.6 Å². The third kappa shape index (κ3) is 1.84. The van der Waals surface area contributed by atoms with E-state index in [-0.39, 0.29) is 0 Å². The minimum Gasteiger partial charge on any atom is -0.478 e. The lowest BCUT2D eigenvalue weighted by Gasteiger charge is -2.04. The van der Waals surface area contributed by atoms with Gasteiger partial charge < -0.3 is 4.74 Å². The summed E-state index contributed by atoms with van der Waals surface area (Å²) in [7, 11) is 0. The lowest BCUT2D eigenvalue weighted by atomic mass is 10.1. The number of nitrogens with zero attached hydrogens (tertiary/aromatic N) is 1. The number of hydrogen-bond acceptors (Lipinski definition) is 2. The first kappa shape index (κ1) is 8.78. The fraction of sp³-hybridized carbons (Fsp3) is 0.300. The Morgan fingerprint density at radius 1 is 1.67 bits per heavy atom. The normalized spacial score (nSPS) is 9.50. The van der Waals surface area contributed by atoms with Crippen LogP contribution in [0.4, 0.5) is 0 Å². The van der Waals surface area contributed by atoms with Gasteiger partial charge in [-0.15, -0.1) is 0 Å². The van der Waals surface area contributed by atoms with E-state index in [1.165, 1.54) is 0 Å². The number of ether oxygens (including phenoxy) is 1. The van der Waals surface area contributed by atoms with Gasteiger partial charge in [0.05, 0.1) is 6.61 Å². The summed E-state index contributed by atoms with van der Waals surface area (Å²) in [6.07, 6.45) is 3.56. The van der Waals surface area contributed by atoms with E-state index in [0.717, 1.165) is 11.1 Å². The highest BCUT2D eigenvalue weighted by Crippen LogP contribution is 2.13. The average molecular weight is 163 g/mol. The molecule has 0 aliphatic carbocycles. The van der Waals surface area contributed by atoms with Crippen LogP contribution in [-0.4, -0.2) is 11.6 Å². The lowest BCUT2D eigenvalue weighted by molar-refractivity contribution is 0.326. The first-order valence-electron chi connectivity index (χ1n) is 3.99. The van der Waals surface area contributed by atoms with Crippen LogP contribution < -0.4 is 4.74 Å². The molecular weight excluding hydrogens is 150 g/mol. The highest BCUT2D eigenvalue weighted by atomic mass is 16.5. The van der Waals surface area contributed by atoms with Crippen molar-refractivity contribution in [1.29, 1.82) is 0 Å². The predicted molar refractivity (Wildman–Crippen MR) is 50.2 cm³/mol. The van der Waals surface area contributed by atoms with Crippen LogP contribution in [-0.2, 0) is 0 Å². The van der Waals surface area contributed by atoms with Crippen molar-refractivity contribution < 1.29 is 4.74 Å². The smallest absolute Gasteiger partial charge is 0.213 e. The summed E-state index contributed by atoms with van der Waals surface area (Å²) in [5.74, 6) is 0.681. The maximum Gasteiger partial charge on any atom is 0.213 e. The number of pyridine rings is 1. The van der Waals surface area contributed by atoms with Crippen molar-refractivity contribution in [3.05, 3.63) is 30.0 Å². The highest BCUT2D eigenvalue weighted by Gasteiger charge is 1.97. The molecule has 12 heavy (non-hydrogen) atoms. The number of aromatic nitrogens is 1. The van der Waals surface area contributed by atoms with Crippen molar-refractivity contribution in [3.8, 4) is 5.88 Å². The zero-order chi connectivity index (χ0) is 8.97. The summed E-state index contributed by atoms with van der Waals surface area (Å²) in [6.45, 7) is 8.30. The van der Waals surface area contributed by atoms with Crippen molar-refractivity contribution in [1.82, 2.24) is 4.98 Å². The molecule has 0 aromatic carbocycles. The molecule has 2 heteroatoms. The maximum atomic E-state index is 5.24. The molecule has 2 nitrogen and oxygen atoms in total. The second kappa shape index (κ2) is 3.90. The van der Waals surface area contributed by atoms with Gasteiger partial charge in [0.25, 0.3) is 0 Å². The molecule has 0 N–H and O–H groups in total. The molecule has 0 aliphatic heterocycles. The molecule has 64 valence electrons. The van der Waals surface area contributed by atoms with Gasteiger partial charge in [0, 0.05) is 12.3 Å². The zero-order valence-electron chi connectivity index (χ0n) is 7.50. The number of hydrogen-bond donors (Lipinski definition) is 0. The molecule has 0 saturated carbocycles. The number of rotatable bonds is 3. The summed E-state index contributed by atoms with van der Waals surface area (Å²) in [6, 6.07) is 1.92. The quantitative estimate of drug-likeness (QED) is 0.682. The first-order valence-corrected chi connectivity index (χ1v) is 3.99. The third-order valence-corrected chi connectivity index (χ3v) is 1.64. The third-order valence-electron chi connectivity index (χ3n) is 1.64. The molecule has 0 radical (unpaired) electrons. The van der Waals surface area contributed by atoms with Gasteiger partial charge in [-0.25, -0.2) is 4.98 Å². The van der Waals surface area contributed by atoms with E-state index in [4.69, 9.17) is 4.74 Å². The van der Waals surface area contributed by atoms with Crippen molar-refractivity contribution in [2.24, 2.45) is 0 Å². The second-order valence-electron chi connectivity index (χ2n) is 2.52. The van der Waals surface area contributed by atoms with Crippen molar-refractivity contribution in [2.45, 2.75) is 13.8 Å². The van der Waals surface area contributed by atoms with Crippen LogP contribution in [0, 0.1) is 6.92 Å². The van der Waals surface area contributed by atoms with Crippen LogP contribution in [0.1, 0.15) is 18.1 Å². The molecule has 0 saturated heterocycles. The van der Waals surface area contributed by atoms with Crippen molar-refractivity contribution >= 4 is 6.08 Å². The molecule has 0 bridgehead atoms. The SMILES string of the molecule is C=Cc1cnc(OCC)cc1C. The van der Waals surface area contributed by atoms with Crippen molar-refractivity contribution in [3.63, 3.8) is 0 Å². The van der Waals surface area contributed by atoms with Gasteiger partial charge in [0.1, 0.15) is 0 Å². The van der Waals surface area contributed by atoms with E-state index in [1.54, 1.807) is 12.3 Å². The maximum absolute atomic E-state index is 5.24. The minimum atomic E-state index is 0.653. The fourth-order valence-corrected chi connectivity index (χ4v) is 0.981. The molecule has 0 aliphatic rings. The van der Waals surface area contributed by atoms with E-state index in [9.17, 15) is 0 Å². The van der Waals surface area contributed by atoms with Crippen LogP contribution in [0.2, 0.25) is 0 Å². The minimum absolute atomic E-state index is 0.653. The van der Waals surface area contributed by atoms with Gasteiger partial charge in [0.15, 0.2) is 0 Å². The topological polar surface area (TPSA) is 22.1 Å². The molecule has 1 rings (SSSR count). The lowest BCUT2D eigenvalue weighted by Crippen LogP contribution is -1.95. The Hall–Kier alpha value is -1.31. The van der Waals surface area contributed by atoms with Crippen molar-refractivity contribution in [2.75, 3.05) is 6.61 Å². The Morgan fingerprint density at radius 3 is 2.92 bits per heavy atom. The second-order valence-corrected chi connectivity index (χ2v) is 2.52. The first-order chi connectivity index (χ1) is 5.77. The molecule has 0 spiro atoms. The molecule has 1 aromatic heterocycles. The zero-order valence-corrected chi connectivity index (χ0v) is 7.50. The van der Waals surface area contributed by atoms with Crippen LogP contribution in [0.15, 0.2) is 18.8 Å². The van der Waals surface area contributed by atoms with Gasteiger partial charge in [-0.2, -0.15) is 0 Å². The average Bonchev–Trinajstić information content (AvgIpc) is 2.05. The Kier molecular flexibility index (Phi) is 2.86. The van der Waals surface area contributed by atoms with Gasteiger partial charge in [0.2, 0.25) is 5.88 Å². The van der Waals surface area contributed by atoms with Crippen LogP contribution in [0.25, 0.3) is 6.08 Å². The molecule has 1 heterocycles. The van der Waals surface area contributed by atoms with E-state index >= 15 is 0 Å². The summed E-state index contributed by atoms with van der Waals surface area (Å²) in [4.78, 5) is 4.11. The Balaban J connectivity index is 2.93. The molecular formula is C10H13NO. The largest absolute Gasteiger partial charge is 0.478 e. The summed E-state index contributed by atoms with van der Waals surface area (Å²) < 4.78 is 5.24. The van der Waals surface area contributed by atoms with E-state index < -0.39 is 0 Å². The molecule has 0 atom stereocenters. The predicted octanol–water partition coefficient (Wildman–Crippen LogP) is 2.43. The van der Waals surface area contributed by atoms with Crippen LogP contribution in [0.3, 0.4) is 0 Å². The van der Waals surface area contributed by atoms with Gasteiger partial charge in [-0.1, -0.05) is 12.7 Å². The Labute approximate surface area is 72.9 Å². The van der Waals surface area contributed by atoms with E-state index in [1.807, 2.05) is 19.9 Å². The summed E-state index contributed by atoms with van der Waals surface area (Å²) in [5.41, 5.74) is 2.20. The standard InChI is InChI=1S/C10H13NO/c1-4-9-7-11-10(12-5-2)6-8(9)3/h4,6-7H,1,5H2,2-3H3. The van der Waals surface area contributed by atoms with Gasteiger partial charge >= 0.3 is 0 Å². The van der Waals surface area contributed by atoms with Crippen LogP contribution in [0.5, 0.6) is 5.88 Å². The van der Waals surface area contributed by atoms with Crippen LogP contribution >= 0.6 is 0 Å². The highest BCUT2D eigenvalue weighted by molar-refractivity contribution is 5.50. The Morgan fingerprint density at radius 2 is 2.42 bits per heavy atom. The molecule has 0 amide bonds. The summed E-state index contributed by atoms with van der Waals surface area (Å²) >= 11 is 0. The number of aryl methyl sites for hydroxylation is 1. The molecule has 0 fully saturated rings. The molecule has 0 unspecified atom stereocenters. The monoisotopic (exact) mass is 163 g/mol. The fourth-order valence-electron chi connectivity index (χ4n) is 0.981.